The van der Waals surface area contributed by atoms with Gasteiger partial charge >= 0.3 is 0 Å². The molecule has 0 unspecified atom stereocenters. The lowest BCUT2D eigenvalue weighted by Crippen LogP contribution is -2.60. The van der Waals surface area contributed by atoms with Crippen molar-refractivity contribution in [2.75, 3.05) is 23.7 Å². The van der Waals surface area contributed by atoms with Gasteiger partial charge in [0, 0.05) is 61.7 Å². The van der Waals surface area contributed by atoms with Gasteiger partial charge in [-0.2, -0.15) is 4.98 Å². The third-order valence-corrected chi connectivity index (χ3v) is 6.64. The van der Waals surface area contributed by atoms with Crippen molar-refractivity contribution >= 4 is 23.4 Å². The molecule has 0 saturated carbocycles. The van der Waals surface area contributed by atoms with Crippen LogP contribution in [0.2, 0.25) is 0 Å². The van der Waals surface area contributed by atoms with Crippen LogP contribution >= 0.6 is 0 Å². The number of amides is 1. The minimum atomic E-state index is -0.541. The van der Waals surface area contributed by atoms with Crippen molar-refractivity contribution in [3.63, 3.8) is 0 Å². The number of nitrogens with one attached hydrogen (secondary N) is 3. The maximum Gasteiger partial charge on any atom is 0.229 e. The number of rotatable bonds is 6. The number of nitrogens with zero attached hydrogens (tertiary/aromatic N) is 3. The van der Waals surface area contributed by atoms with E-state index in [-0.39, 0.29) is 46.6 Å². The highest BCUT2D eigenvalue weighted by Gasteiger charge is 2.38. The number of benzene rings is 1. The van der Waals surface area contributed by atoms with E-state index in [2.05, 4.69) is 53.6 Å². The van der Waals surface area contributed by atoms with Gasteiger partial charge in [0.2, 0.25) is 11.9 Å². The standard InChI is InChI=1S/C26H36F2N6O2/c1-16(35)34-10-8-19(9-11-34)36-22-7-6-17(12-20(22)27)31-24-29-15-21(28)23(32-24)30-18-13-25(2,3)33-26(4,5)14-18/h6-7,12,15,18-19,33H,8-11,13-14H2,1-5H3,(H2,29,30,31,32). The number of carbonyl (C=O) groups is 1. The Morgan fingerprint density at radius 1 is 1.11 bits per heavy atom. The molecule has 1 aromatic carbocycles. The van der Waals surface area contributed by atoms with Crippen LogP contribution in [0.5, 0.6) is 5.75 Å². The van der Waals surface area contributed by atoms with E-state index in [0.717, 1.165) is 19.0 Å². The molecule has 2 saturated heterocycles. The molecule has 0 aliphatic carbocycles. The summed E-state index contributed by atoms with van der Waals surface area (Å²) in [6.07, 6.45) is 3.89. The van der Waals surface area contributed by atoms with Gasteiger partial charge in [-0.25, -0.2) is 13.8 Å². The smallest absolute Gasteiger partial charge is 0.229 e. The summed E-state index contributed by atoms with van der Waals surface area (Å²) >= 11 is 0. The van der Waals surface area contributed by atoms with Gasteiger partial charge in [-0.15, -0.1) is 0 Å². The maximum absolute atomic E-state index is 14.8. The van der Waals surface area contributed by atoms with Gasteiger partial charge in [-0.1, -0.05) is 0 Å². The first-order valence-corrected chi connectivity index (χ1v) is 12.5. The summed E-state index contributed by atoms with van der Waals surface area (Å²) in [4.78, 5) is 21.6. The third-order valence-electron chi connectivity index (χ3n) is 6.64. The maximum atomic E-state index is 14.8. The fourth-order valence-electron chi connectivity index (χ4n) is 5.42. The predicted octanol–water partition coefficient (Wildman–Crippen LogP) is 4.61. The monoisotopic (exact) mass is 502 g/mol. The summed E-state index contributed by atoms with van der Waals surface area (Å²) in [7, 11) is 0. The van der Waals surface area contributed by atoms with Crippen LogP contribution in [-0.4, -0.2) is 57.1 Å². The van der Waals surface area contributed by atoms with Gasteiger partial charge in [0.1, 0.15) is 6.10 Å². The van der Waals surface area contributed by atoms with E-state index < -0.39 is 11.6 Å². The summed E-state index contributed by atoms with van der Waals surface area (Å²) in [5.74, 6) is -0.589. The Morgan fingerprint density at radius 3 is 2.39 bits per heavy atom. The fourth-order valence-corrected chi connectivity index (χ4v) is 5.42. The quantitative estimate of drug-likeness (QED) is 0.531. The Bertz CT molecular complexity index is 1090. The lowest BCUT2D eigenvalue weighted by molar-refractivity contribution is -0.130. The van der Waals surface area contributed by atoms with Crippen molar-refractivity contribution in [3.05, 3.63) is 36.0 Å². The van der Waals surface area contributed by atoms with E-state index in [9.17, 15) is 13.6 Å². The molecule has 2 aromatic rings. The number of aromatic nitrogens is 2. The molecule has 3 heterocycles. The minimum absolute atomic E-state index is 0.0321. The van der Waals surface area contributed by atoms with E-state index in [1.807, 2.05) is 0 Å². The van der Waals surface area contributed by atoms with Crippen molar-refractivity contribution in [2.45, 2.75) is 83.5 Å². The lowest BCUT2D eigenvalue weighted by Gasteiger charge is -2.46. The highest BCUT2D eigenvalue weighted by atomic mass is 19.1. The largest absolute Gasteiger partial charge is 0.487 e. The van der Waals surface area contributed by atoms with Crippen LogP contribution in [0.3, 0.4) is 0 Å². The number of piperidine rings is 2. The van der Waals surface area contributed by atoms with Gasteiger partial charge in [0.25, 0.3) is 0 Å². The lowest BCUT2D eigenvalue weighted by atomic mass is 9.79. The average Bonchev–Trinajstić information content (AvgIpc) is 2.76. The zero-order valence-electron chi connectivity index (χ0n) is 21.6. The summed E-state index contributed by atoms with van der Waals surface area (Å²) in [6.45, 7) is 11.3. The molecule has 10 heteroatoms. The first-order chi connectivity index (χ1) is 16.9. The predicted molar refractivity (Wildman–Crippen MR) is 136 cm³/mol. The highest BCUT2D eigenvalue weighted by Crippen LogP contribution is 2.31. The molecule has 36 heavy (non-hydrogen) atoms. The molecule has 196 valence electrons. The summed E-state index contributed by atoms with van der Waals surface area (Å²) in [5, 5.41) is 9.80. The van der Waals surface area contributed by atoms with Crippen LogP contribution in [0.25, 0.3) is 0 Å². The average molecular weight is 503 g/mol. The SMILES string of the molecule is CC(=O)N1CCC(Oc2ccc(Nc3ncc(F)c(NC4CC(C)(C)NC(C)(C)C4)n3)cc2F)CC1. The van der Waals surface area contributed by atoms with Crippen molar-refractivity contribution < 1.29 is 18.3 Å². The van der Waals surface area contributed by atoms with Crippen LogP contribution in [0.1, 0.15) is 60.3 Å². The Morgan fingerprint density at radius 2 is 1.78 bits per heavy atom. The number of ether oxygens (including phenoxy) is 1. The van der Waals surface area contributed by atoms with E-state index in [0.29, 0.717) is 31.6 Å². The van der Waals surface area contributed by atoms with Crippen LogP contribution in [0.15, 0.2) is 24.4 Å². The number of carbonyl (C=O) groups excluding carboxylic acids is 1. The molecule has 3 N–H and O–H groups in total. The molecule has 1 amide bonds. The first kappa shape index (κ1) is 26.1. The van der Waals surface area contributed by atoms with E-state index in [1.165, 1.54) is 6.07 Å². The fraction of sp³-hybridized carbons (Fsp3) is 0.577. The highest BCUT2D eigenvalue weighted by molar-refractivity contribution is 5.73. The molecular formula is C26H36F2N6O2. The number of hydrogen-bond donors (Lipinski definition) is 3. The zero-order valence-corrected chi connectivity index (χ0v) is 21.6. The van der Waals surface area contributed by atoms with Crippen molar-refractivity contribution in [3.8, 4) is 5.75 Å². The molecule has 0 spiro atoms. The molecule has 1 aromatic heterocycles. The second kappa shape index (κ2) is 10.2. The second-order valence-electron chi connectivity index (χ2n) is 11.1. The van der Waals surface area contributed by atoms with E-state index >= 15 is 0 Å². The Balaban J connectivity index is 1.40. The third kappa shape index (κ3) is 6.60. The molecule has 8 nitrogen and oxygen atoms in total. The van der Waals surface area contributed by atoms with E-state index in [1.54, 1.807) is 24.0 Å². The molecule has 2 fully saturated rings. The zero-order chi connectivity index (χ0) is 26.1. The Labute approximate surface area is 211 Å². The van der Waals surface area contributed by atoms with E-state index in [4.69, 9.17) is 4.74 Å². The first-order valence-electron chi connectivity index (χ1n) is 12.5. The van der Waals surface area contributed by atoms with Gasteiger partial charge in [0.15, 0.2) is 23.2 Å². The molecule has 0 radical (unpaired) electrons. The van der Waals surface area contributed by atoms with Crippen molar-refractivity contribution in [1.82, 2.24) is 20.2 Å². The summed E-state index contributed by atoms with van der Waals surface area (Å²) in [5.41, 5.74) is 0.221. The number of likely N-dealkylation sites (tertiary alicyclic amines) is 1. The molecular weight excluding hydrogens is 466 g/mol. The molecule has 0 atom stereocenters. The molecule has 4 rings (SSSR count). The normalized spacial score (nSPS) is 20.1. The number of anilines is 3. The number of halogens is 2. The number of hydrogen-bond acceptors (Lipinski definition) is 7. The van der Waals surface area contributed by atoms with Crippen LogP contribution in [-0.2, 0) is 4.79 Å². The van der Waals surface area contributed by atoms with Crippen molar-refractivity contribution in [1.29, 1.82) is 0 Å². The Kier molecular flexibility index (Phi) is 7.36. The summed E-state index contributed by atoms with van der Waals surface area (Å²) < 4.78 is 35.1. The van der Waals surface area contributed by atoms with Gasteiger partial charge in [-0.05, 0) is 52.7 Å². The van der Waals surface area contributed by atoms with Crippen molar-refractivity contribution in [2.24, 2.45) is 0 Å². The second-order valence-corrected chi connectivity index (χ2v) is 11.1. The van der Waals surface area contributed by atoms with Gasteiger partial charge in [0.05, 0.1) is 6.20 Å². The van der Waals surface area contributed by atoms with Crippen LogP contribution in [0, 0.1) is 11.6 Å². The molecule has 2 aliphatic rings. The topological polar surface area (TPSA) is 91.4 Å². The van der Waals surface area contributed by atoms with Gasteiger partial charge < -0.3 is 25.6 Å². The van der Waals surface area contributed by atoms with Crippen LogP contribution < -0.4 is 20.7 Å². The minimum Gasteiger partial charge on any atom is -0.487 e. The summed E-state index contributed by atoms with van der Waals surface area (Å²) in [6, 6.07) is 4.56. The van der Waals surface area contributed by atoms with Crippen LogP contribution in [0.4, 0.5) is 26.2 Å². The molecule has 2 aliphatic heterocycles. The molecule has 0 bridgehead atoms. The van der Waals surface area contributed by atoms with Gasteiger partial charge in [-0.3, -0.25) is 4.79 Å². The Hall–Kier alpha value is -3.01.